The second-order valence-electron chi connectivity index (χ2n) is 7.76. The van der Waals surface area contributed by atoms with Crippen molar-refractivity contribution in [1.82, 2.24) is 20.8 Å². The van der Waals surface area contributed by atoms with Crippen molar-refractivity contribution in [2.75, 3.05) is 19.5 Å². The SMILES string of the molecule is COc1cc(O)c2c(c1C)C(=O)OCCCCC(=S)N[C@H](c1nc(CNC(C)=O)no1)CSC2. The summed E-state index contributed by atoms with van der Waals surface area (Å²) in [6, 6.07) is 1.12. The van der Waals surface area contributed by atoms with Gasteiger partial charge in [0.15, 0.2) is 5.82 Å². The number of ether oxygens (including phenoxy) is 2. The van der Waals surface area contributed by atoms with Gasteiger partial charge in [-0.2, -0.15) is 16.7 Å². The van der Waals surface area contributed by atoms with Crippen LogP contribution in [0.3, 0.4) is 0 Å². The average molecular weight is 509 g/mol. The lowest BCUT2D eigenvalue weighted by atomic mass is 10.0. The zero-order valence-corrected chi connectivity index (χ0v) is 20.9. The van der Waals surface area contributed by atoms with Crippen LogP contribution in [0.2, 0.25) is 0 Å². The Hall–Kier alpha value is -2.86. The quantitative estimate of drug-likeness (QED) is 0.415. The lowest BCUT2D eigenvalue weighted by Gasteiger charge is -2.20. The number of methoxy groups -OCH3 is 1. The maximum Gasteiger partial charge on any atom is 0.338 e. The molecular weight excluding hydrogens is 480 g/mol. The van der Waals surface area contributed by atoms with Gasteiger partial charge >= 0.3 is 5.97 Å². The molecule has 3 rings (SSSR count). The lowest BCUT2D eigenvalue weighted by molar-refractivity contribution is -0.119. The summed E-state index contributed by atoms with van der Waals surface area (Å²) in [5, 5.41) is 20.5. The standard InChI is InChI=1S/C22H28N4O6S2/c1-12-17(30-3)8-16(28)14-10-34-11-15(21-25-18(26-32-21)9-23-13(2)27)24-19(33)6-4-5-7-31-22(29)20(12)14/h8,15,28H,4-7,9-11H2,1-3H3,(H,23,27)(H,24,33)/t15-/m0/s1. The number of amides is 1. The average Bonchev–Trinajstić information content (AvgIpc) is 3.27. The summed E-state index contributed by atoms with van der Waals surface area (Å²) in [6.45, 7) is 3.58. The number of phenolic OH excluding ortho intramolecular Hbond substituents is 1. The van der Waals surface area contributed by atoms with Crippen LogP contribution < -0.4 is 15.4 Å². The third kappa shape index (κ3) is 6.60. The number of aromatic nitrogens is 2. The molecule has 0 saturated heterocycles. The number of fused-ring (bicyclic) bond motifs is 1. The van der Waals surface area contributed by atoms with Gasteiger partial charge in [0, 0.05) is 35.6 Å². The topological polar surface area (TPSA) is 136 Å². The summed E-state index contributed by atoms with van der Waals surface area (Å²) >= 11 is 6.95. The first-order valence-electron chi connectivity index (χ1n) is 10.8. The number of hydrogen-bond acceptors (Lipinski definition) is 10. The first-order chi connectivity index (χ1) is 16.3. The van der Waals surface area contributed by atoms with Crippen molar-refractivity contribution in [3.63, 3.8) is 0 Å². The van der Waals surface area contributed by atoms with E-state index in [1.807, 2.05) is 0 Å². The molecule has 2 heterocycles. The van der Waals surface area contributed by atoms with E-state index in [4.69, 9.17) is 26.2 Å². The number of nitrogens with one attached hydrogen (secondary N) is 2. The molecule has 1 aliphatic heterocycles. The number of aromatic hydroxyl groups is 1. The minimum atomic E-state index is -0.490. The normalized spacial score (nSPS) is 17.7. The van der Waals surface area contributed by atoms with Gasteiger partial charge in [-0.25, -0.2) is 4.79 Å². The third-order valence-corrected chi connectivity index (χ3v) is 6.61. The van der Waals surface area contributed by atoms with Gasteiger partial charge in [-0.15, -0.1) is 0 Å². The zero-order chi connectivity index (χ0) is 24.7. The predicted octanol–water partition coefficient (Wildman–Crippen LogP) is 2.96. The van der Waals surface area contributed by atoms with Gasteiger partial charge in [0.2, 0.25) is 11.8 Å². The number of hydrogen-bond donors (Lipinski definition) is 3. The number of thiocarbonyl (C=S) groups is 1. The molecule has 0 saturated carbocycles. The molecule has 0 radical (unpaired) electrons. The van der Waals surface area contributed by atoms with Crippen LogP contribution in [0.4, 0.5) is 0 Å². The molecule has 1 amide bonds. The van der Waals surface area contributed by atoms with Crippen molar-refractivity contribution < 1.29 is 28.7 Å². The van der Waals surface area contributed by atoms with Crippen molar-refractivity contribution in [3.05, 3.63) is 34.5 Å². The fraction of sp³-hybridized carbons (Fsp3) is 0.500. The fourth-order valence-corrected chi connectivity index (χ4v) is 4.82. The molecule has 3 N–H and O–H groups in total. The van der Waals surface area contributed by atoms with Gasteiger partial charge in [-0.05, 0) is 26.2 Å². The maximum atomic E-state index is 12.9. The van der Waals surface area contributed by atoms with Crippen LogP contribution in [-0.2, 0) is 21.8 Å². The molecule has 12 heteroatoms. The molecular formula is C22H28N4O6S2. The third-order valence-electron chi connectivity index (χ3n) is 5.22. The number of carbonyl (C=O) groups is 2. The molecule has 1 aromatic carbocycles. The van der Waals surface area contributed by atoms with E-state index < -0.39 is 5.97 Å². The number of benzene rings is 1. The highest BCUT2D eigenvalue weighted by molar-refractivity contribution is 7.98. The minimum absolute atomic E-state index is 0.0376. The van der Waals surface area contributed by atoms with Gasteiger partial charge in [-0.1, -0.05) is 17.4 Å². The molecule has 0 aliphatic carbocycles. The summed E-state index contributed by atoms with van der Waals surface area (Å²) in [6.07, 6.45) is 1.98. The van der Waals surface area contributed by atoms with Crippen molar-refractivity contribution in [1.29, 1.82) is 0 Å². The van der Waals surface area contributed by atoms with E-state index in [0.29, 0.717) is 63.5 Å². The van der Waals surface area contributed by atoms with Gasteiger partial charge in [0.25, 0.3) is 0 Å². The largest absolute Gasteiger partial charge is 0.507 e. The van der Waals surface area contributed by atoms with E-state index in [1.165, 1.54) is 31.9 Å². The Bertz CT molecular complexity index is 1060. The number of esters is 1. The number of rotatable bonds is 4. The molecule has 0 unspecified atom stereocenters. The Morgan fingerprint density at radius 2 is 2.24 bits per heavy atom. The first kappa shape index (κ1) is 25.8. The smallest absolute Gasteiger partial charge is 0.338 e. The number of thioether (sulfide) groups is 1. The van der Waals surface area contributed by atoms with Crippen molar-refractivity contribution in [3.8, 4) is 11.5 Å². The van der Waals surface area contributed by atoms with Crippen molar-refractivity contribution in [2.45, 2.75) is 51.4 Å². The monoisotopic (exact) mass is 508 g/mol. The van der Waals surface area contributed by atoms with Crippen LogP contribution in [0.5, 0.6) is 11.5 Å². The van der Waals surface area contributed by atoms with E-state index >= 15 is 0 Å². The Kier molecular flexibility index (Phi) is 9.11. The van der Waals surface area contributed by atoms with E-state index in [1.54, 1.807) is 6.92 Å². The Labute approximate surface area is 207 Å². The summed E-state index contributed by atoms with van der Waals surface area (Å²) in [7, 11) is 1.49. The first-order valence-corrected chi connectivity index (χ1v) is 12.4. The molecule has 1 aromatic heterocycles. The molecule has 10 nitrogen and oxygen atoms in total. The number of phenols is 1. The second kappa shape index (κ2) is 12.0. The van der Waals surface area contributed by atoms with Gasteiger partial charge in [-0.3, -0.25) is 4.79 Å². The molecule has 0 fully saturated rings. The zero-order valence-electron chi connectivity index (χ0n) is 19.3. The maximum absolute atomic E-state index is 12.9. The van der Waals surface area contributed by atoms with E-state index in [2.05, 4.69) is 20.8 Å². The number of nitrogens with zero attached hydrogens (tertiary/aromatic N) is 2. The van der Waals surface area contributed by atoms with Gasteiger partial charge < -0.3 is 29.7 Å². The lowest BCUT2D eigenvalue weighted by Crippen LogP contribution is -2.29. The van der Waals surface area contributed by atoms with Crippen molar-refractivity contribution >= 4 is 40.8 Å². The van der Waals surface area contributed by atoms with E-state index in [-0.39, 0.29) is 30.9 Å². The van der Waals surface area contributed by atoms with Crippen LogP contribution >= 0.6 is 24.0 Å². The molecule has 0 spiro atoms. The van der Waals surface area contributed by atoms with Crippen LogP contribution in [0.1, 0.15) is 65.4 Å². The summed E-state index contributed by atoms with van der Waals surface area (Å²) in [5.41, 5.74) is 1.41. The van der Waals surface area contributed by atoms with Gasteiger partial charge in [0.1, 0.15) is 17.5 Å². The number of carbonyl (C=O) groups excluding carboxylic acids is 2. The Balaban J connectivity index is 1.86. The second-order valence-corrected chi connectivity index (χ2v) is 9.29. The molecule has 0 bridgehead atoms. The minimum Gasteiger partial charge on any atom is -0.507 e. The van der Waals surface area contributed by atoms with Crippen LogP contribution in [-0.4, -0.2) is 51.6 Å². The van der Waals surface area contributed by atoms with Crippen LogP contribution in [0.25, 0.3) is 0 Å². The van der Waals surface area contributed by atoms with Crippen molar-refractivity contribution in [2.24, 2.45) is 0 Å². The summed E-state index contributed by atoms with van der Waals surface area (Å²) < 4.78 is 16.2. The predicted molar refractivity (Wildman–Crippen MR) is 130 cm³/mol. The van der Waals surface area contributed by atoms with E-state index in [9.17, 15) is 14.7 Å². The Morgan fingerprint density at radius 1 is 1.44 bits per heavy atom. The highest BCUT2D eigenvalue weighted by Crippen LogP contribution is 2.36. The summed E-state index contributed by atoms with van der Waals surface area (Å²) in [4.78, 5) is 29.1. The van der Waals surface area contributed by atoms with E-state index in [0.717, 1.165) is 6.42 Å². The molecule has 2 aromatic rings. The molecule has 34 heavy (non-hydrogen) atoms. The highest BCUT2D eigenvalue weighted by atomic mass is 32.2. The van der Waals surface area contributed by atoms with Crippen LogP contribution in [0, 0.1) is 6.92 Å². The molecule has 1 atom stereocenters. The molecule has 184 valence electrons. The van der Waals surface area contributed by atoms with Crippen LogP contribution in [0.15, 0.2) is 10.6 Å². The Morgan fingerprint density at radius 3 is 2.97 bits per heavy atom. The van der Waals surface area contributed by atoms with Gasteiger partial charge in [0.05, 0.1) is 30.8 Å². The summed E-state index contributed by atoms with van der Waals surface area (Å²) in [5.74, 6) is 1.21. The fourth-order valence-electron chi connectivity index (χ4n) is 3.46. The number of cyclic esters (lactones) is 1. The molecule has 1 aliphatic rings. The highest BCUT2D eigenvalue weighted by Gasteiger charge is 2.25.